The second-order valence-electron chi connectivity index (χ2n) is 8.92. The summed E-state index contributed by atoms with van der Waals surface area (Å²) in [7, 11) is 0. The van der Waals surface area contributed by atoms with Crippen LogP contribution in [0.15, 0.2) is 18.6 Å². The second-order valence-corrected chi connectivity index (χ2v) is 8.92. The zero-order valence-corrected chi connectivity index (χ0v) is 18.3. The first-order valence-electron chi connectivity index (χ1n) is 10.4. The molecule has 2 heterocycles. The monoisotopic (exact) mass is 416 g/mol. The lowest BCUT2D eigenvalue weighted by Gasteiger charge is -2.38. The van der Waals surface area contributed by atoms with Gasteiger partial charge in [0, 0.05) is 25.5 Å². The molecule has 2 amide bonds. The van der Waals surface area contributed by atoms with Gasteiger partial charge >= 0.3 is 6.09 Å². The second kappa shape index (κ2) is 10.3. The summed E-state index contributed by atoms with van der Waals surface area (Å²) in [6.07, 6.45) is 5.95. The van der Waals surface area contributed by atoms with Crippen LogP contribution in [0.2, 0.25) is 0 Å². The van der Waals surface area contributed by atoms with Gasteiger partial charge in [0.25, 0.3) is 0 Å². The van der Waals surface area contributed by atoms with E-state index in [9.17, 15) is 14.9 Å². The topological polar surface area (TPSA) is 120 Å². The van der Waals surface area contributed by atoms with Gasteiger partial charge in [-0.1, -0.05) is 27.7 Å². The maximum absolute atomic E-state index is 13.1. The summed E-state index contributed by atoms with van der Waals surface area (Å²) in [5.74, 6) is -0.340. The Balaban J connectivity index is 2.05. The van der Waals surface area contributed by atoms with E-state index in [0.717, 1.165) is 26.1 Å². The van der Waals surface area contributed by atoms with Crippen molar-refractivity contribution in [2.45, 2.75) is 65.0 Å². The largest absolute Gasteiger partial charge is 0.414 e. The Kier molecular flexibility index (Phi) is 8.12. The van der Waals surface area contributed by atoms with Gasteiger partial charge in [-0.15, -0.1) is 0 Å². The Morgan fingerprint density at radius 2 is 2.03 bits per heavy atom. The van der Waals surface area contributed by atoms with Gasteiger partial charge in [0.1, 0.15) is 11.6 Å². The van der Waals surface area contributed by atoms with Crippen molar-refractivity contribution >= 4 is 12.0 Å². The van der Waals surface area contributed by atoms with Crippen LogP contribution in [0.25, 0.3) is 0 Å². The highest BCUT2D eigenvalue weighted by Crippen LogP contribution is 2.25. The minimum Gasteiger partial charge on any atom is -0.390 e. The predicted molar refractivity (Wildman–Crippen MR) is 112 cm³/mol. The minimum absolute atomic E-state index is 0.0432. The maximum atomic E-state index is 13.1. The molecule has 1 unspecified atom stereocenters. The molecule has 0 radical (unpaired) electrons. The van der Waals surface area contributed by atoms with Crippen LogP contribution in [0.4, 0.5) is 4.79 Å². The average molecular weight is 417 g/mol. The van der Waals surface area contributed by atoms with Crippen LogP contribution in [-0.4, -0.2) is 58.1 Å². The number of piperidine rings is 1. The third kappa shape index (κ3) is 7.26. The molecule has 1 aromatic rings. The summed E-state index contributed by atoms with van der Waals surface area (Å²) < 4.78 is 5.12. The number of aromatic nitrogens is 2. The van der Waals surface area contributed by atoms with E-state index in [2.05, 4.69) is 38.5 Å². The van der Waals surface area contributed by atoms with Crippen molar-refractivity contribution in [3.63, 3.8) is 0 Å². The number of likely N-dealkylation sites (tertiary alicyclic amines) is 1. The molecule has 0 spiro atoms. The fourth-order valence-electron chi connectivity index (χ4n) is 3.49. The number of ether oxygens (including phenoxy) is 1. The zero-order chi connectivity index (χ0) is 22.2. The molecule has 1 atom stereocenters. The predicted octanol–water partition coefficient (Wildman–Crippen LogP) is 2.25. The number of rotatable bonds is 7. The number of carbonyl (C=O) groups excluding carboxylic acids is 2. The van der Waals surface area contributed by atoms with Crippen LogP contribution in [0.1, 0.15) is 53.4 Å². The number of amides is 2. The number of hydrogen-bond donors (Lipinski definition) is 2. The Morgan fingerprint density at radius 1 is 1.33 bits per heavy atom. The minimum atomic E-state index is -0.923. The van der Waals surface area contributed by atoms with Gasteiger partial charge in [0.05, 0.1) is 12.3 Å². The summed E-state index contributed by atoms with van der Waals surface area (Å²) in [5, 5.41) is 15.3. The first-order chi connectivity index (χ1) is 14.2. The highest BCUT2D eigenvalue weighted by Gasteiger charge is 2.38. The van der Waals surface area contributed by atoms with Gasteiger partial charge < -0.3 is 20.3 Å². The van der Waals surface area contributed by atoms with Crippen molar-refractivity contribution in [2.75, 3.05) is 19.6 Å². The van der Waals surface area contributed by atoms with E-state index in [0.29, 0.717) is 19.3 Å². The van der Waals surface area contributed by atoms with E-state index < -0.39 is 17.7 Å². The van der Waals surface area contributed by atoms with Crippen LogP contribution in [0.3, 0.4) is 0 Å². The Hall–Kier alpha value is -2.73. The highest BCUT2D eigenvalue weighted by atomic mass is 16.6. The van der Waals surface area contributed by atoms with Crippen molar-refractivity contribution in [3.8, 4) is 11.9 Å². The molecule has 1 aromatic heterocycles. The van der Waals surface area contributed by atoms with E-state index in [1.807, 2.05) is 20.8 Å². The average Bonchev–Trinajstić information content (AvgIpc) is 2.69. The molecule has 30 heavy (non-hydrogen) atoms. The number of hydrogen-bond acceptors (Lipinski definition) is 7. The van der Waals surface area contributed by atoms with Gasteiger partial charge in [-0.25, -0.2) is 9.78 Å². The molecule has 1 fully saturated rings. The quantitative estimate of drug-likeness (QED) is 0.699. The normalized spacial score (nSPS) is 17.4. The van der Waals surface area contributed by atoms with E-state index in [1.165, 1.54) is 18.6 Å². The van der Waals surface area contributed by atoms with E-state index >= 15 is 0 Å². The molecular weight excluding hydrogens is 384 g/mol. The first kappa shape index (κ1) is 23.5. The lowest BCUT2D eigenvalue weighted by Crippen LogP contribution is -2.59. The lowest BCUT2D eigenvalue weighted by atomic mass is 9.85. The number of nitrogens with zero attached hydrogens (tertiary/aromatic N) is 4. The fourth-order valence-corrected chi connectivity index (χ4v) is 3.49. The molecule has 164 valence electrons. The van der Waals surface area contributed by atoms with Gasteiger partial charge in [0.15, 0.2) is 0 Å². The van der Waals surface area contributed by atoms with Crippen LogP contribution < -0.4 is 15.4 Å². The molecule has 0 aliphatic carbocycles. The summed E-state index contributed by atoms with van der Waals surface area (Å²) in [4.78, 5) is 35.4. The summed E-state index contributed by atoms with van der Waals surface area (Å²) in [6, 6.07) is 1.46. The van der Waals surface area contributed by atoms with Crippen molar-refractivity contribution in [1.29, 1.82) is 5.26 Å². The van der Waals surface area contributed by atoms with E-state index in [-0.39, 0.29) is 17.2 Å². The molecule has 9 nitrogen and oxygen atoms in total. The standard InChI is InChI=1S/C21H32N6O3/c1-5-10-27-11-6-21(15-22,7-12-27)26-18(28)16(13-20(2,3)4)25-19(29)30-17-14-23-8-9-24-17/h8-9,14,16H,5-7,10-13H2,1-4H3,(H,25,29)(H,26,28). The fraction of sp³-hybridized carbons (Fsp3) is 0.667. The van der Waals surface area contributed by atoms with E-state index in [1.54, 1.807) is 0 Å². The molecule has 2 N–H and O–H groups in total. The first-order valence-corrected chi connectivity index (χ1v) is 10.4. The summed E-state index contributed by atoms with van der Waals surface area (Å²) >= 11 is 0. The van der Waals surface area contributed by atoms with Gasteiger partial charge in [0.2, 0.25) is 11.8 Å². The summed E-state index contributed by atoms with van der Waals surface area (Å²) in [6.45, 7) is 10.6. The molecule has 0 bridgehead atoms. The Morgan fingerprint density at radius 3 is 2.57 bits per heavy atom. The van der Waals surface area contributed by atoms with Crippen molar-refractivity contribution < 1.29 is 14.3 Å². The number of nitriles is 1. The highest BCUT2D eigenvalue weighted by molar-refractivity contribution is 5.87. The SMILES string of the molecule is CCCN1CCC(C#N)(NC(=O)C(CC(C)(C)C)NC(=O)Oc2cnccn2)CC1. The van der Waals surface area contributed by atoms with Crippen molar-refractivity contribution in [2.24, 2.45) is 5.41 Å². The molecule has 2 rings (SSSR count). The molecule has 1 aliphatic heterocycles. The molecule has 0 aromatic carbocycles. The summed E-state index contributed by atoms with van der Waals surface area (Å²) in [5.41, 5.74) is -1.15. The van der Waals surface area contributed by atoms with Crippen LogP contribution in [0, 0.1) is 16.7 Å². The third-order valence-corrected chi connectivity index (χ3v) is 4.99. The smallest absolute Gasteiger partial charge is 0.390 e. The van der Waals surface area contributed by atoms with Gasteiger partial charge in [-0.2, -0.15) is 5.26 Å². The number of nitrogens with one attached hydrogen (secondary N) is 2. The molecule has 0 saturated carbocycles. The van der Waals surface area contributed by atoms with Crippen LogP contribution in [-0.2, 0) is 4.79 Å². The maximum Gasteiger partial charge on any atom is 0.414 e. The van der Waals surface area contributed by atoms with Crippen LogP contribution in [0.5, 0.6) is 5.88 Å². The van der Waals surface area contributed by atoms with Crippen LogP contribution >= 0.6 is 0 Å². The third-order valence-electron chi connectivity index (χ3n) is 4.99. The molecule has 1 aliphatic rings. The van der Waals surface area contributed by atoms with Gasteiger partial charge in [-0.05, 0) is 37.6 Å². The Labute approximate surface area is 178 Å². The molecular formula is C21H32N6O3. The molecule has 1 saturated heterocycles. The molecule has 9 heteroatoms. The van der Waals surface area contributed by atoms with Crippen molar-refractivity contribution in [3.05, 3.63) is 18.6 Å². The van der Waals surface area contributed by atoms with Crippen molar-refractivity contribution in [1.82, 2.24) is 25.5 Å². The lowest BCUT2D eigenvalue weighted by molar-refractivity contribution is -0.125. The zero-order valence-electron chi connectivity index (χ0n) is 18.3. The van der Waals surface area contributed by atoms with E-state index in [4.69, 9.17) is 4.74 Å². The number of carbonyl (C=O) groups is 2. The Bertz CT molecular complexity index is 748. The van der Waals surface area contributed by atoms with Gasteiger partial charge in [-0.3, -0.25) is 9.78 Å².